The first-order chi connectivity index (χ1) is 12.0. The van der Waals surface area contributed by atoms with E-state index >= 15 is 0 Å². The second kappa shape index (κ2) is 7.67. The highest BCUT2D eigenvalue weighted by Crippen LogP contribution is 2.33. The van der Waals surface area contributed by atoms with Crippen LogP contribution in [0.2, 0.25) is 0 Å². The summed E-state index contributed by atoms with van der Waals surface area (Å²) in [6.07, 6.45) is 4.22. The lowest BCUT2D eigenvalue weighted by molar-refractivity contribution is 0.188. The van der Waals surface area contributed by atoms with E-state index < -0.39 is 0 Å². The highest BCUT2D eigenvalue weighted by atomic mass is 16.5. The van der Waals surface area contributed by atoms with Gasteiger partial charge in [-0.25, -0.2) is 0 Å². The molecule has 3 rings (SSSR count). The first-order valence-corrected chi connectivity index (χ1v) is 9.26. The summed E-state index contributed by atoms with van der Waals surface area (Å²) in [5.74, 6) is 1.33. The minimum atomic E-state index is 0.109. The van der Waals surface area contributed by atoms with Gasteiger partial charge in [0.15, 0.2) is 0 Å². The molecule has 1 aliphatic rings. The zero-order valence-corrected chi connectivity index (χ0v) is 15.9. The molecule has 25 heavy (non-hydrogen) atoms. The lowest BCUT2D eigenvalue weighted by atomic mass is 9.75. The Morgan fingerprint density at radius 1 is 1.28 bits per heavy atom. The Morgan fingerprint density at radius 3 is 2.64 bits per heavy atom. The summed E-state index contributed by atoms with van der Waals surface area (Å²) in [7, 11) is 2.17. The van der Waals surface area contributed by atoms with E-state index in [0.29, 0.717) is 5.92 Å². The van der Waals surface area contributed by atoms with Crippen LogP contribution in [0.15, 0.2) is 28.9 Å². The number of hydrogen-bond acceptors (Lipinski definition) is 5. The van der Waals surface area contributed by atoms with Crippen molar-refractivity contribution in [3.63, 3.8) is 0 Å². The van der Waals surface area contributed by atoms with Crippen molar-refractivity contribution >= 4 is 0 Å². The molecule has 0 atom stereocenters. The predicted molar refractivity (Wildman–Crippen MR) is 99.7 cm³/mol. The number of likely N-dealkylation sites (N-methyl/N-ethyl adjacent to an activating group) is 1. The van der Waals surface area contributed by atoms with Gasteiger partial charge in [-0.05, 0) is 51.5 Å². The van der Waals surface area contributed by atoms with E-state index in [9.17, 15) is 0 Å². The third-order valence-corrected chi connectivity index (χ3v) is 5.17. The van der Waals surface area contributed by atoms with Gasteiger partial charge in [-0.2, -0.15) is 0 Å². The smallest absolute Gasteiger partial charge is 0.139 e. The van der Waals surface area contributed by atoms with Gasteiger partial charge in [0.05, 0.1) is 5.69 Å². The van der Waals surface area contributed by atoms with Crippen LogP contribution in [0.5, 0.6) is 0 Å². The zero-order valence-electron chi connectivity index (χ0n) is 15.9. The van der Waals surface area contributed by atoms with Crippen LogP contribution in [0.4, 0.5) is 0 Å². The Hall–Kier alpha value is -1.72. The number of piperidine rings is 1. The maximum Gasteiger partial charge on any atom is 0.139 e. The SMILES string of the molecule is Cc1ccc(C2(CN(C)Cc3cc(C(C)C)on3)CCNCC2)nc1. The van der Waals surface area contributed by atoms with E-state index in [1.165, 1.54) is 11.3 Å². The van der Waals surface area contributed by atoms with Crippen molar-refractivity contribution in [2.24, 2.45) is 0 Å². The van der Waals surface area contributed by atoms with Crippen LogP contribution in [0, 0.1) is 6.92 Å². The van der Waals surface area contributed by atoms with Gasteiger partial charge < -0.3 is 9.84 Å². The van der Waals surface area contributed by atoms with Gasteiger partial charge in [0.1, 0.15) is 5.76 Å². The highest BCUT2D eigenvalue weighted by Gasteiger charge is 2.36. The van der Waals surface area contributed by atoms with Crippen molar-refractivity contribution in [3.05, 3.63) is 47.1 Å². The van der Waals surface area contributed by atoms with Gasteiger partial charge in [-0.15, -0.1) is 0 Å². The lowest BCUT2D eigenvalue weighted by Crippen LogP contribution is -2.47. The molecule has 2 aromatic rings. The molecule has 1 N–H and O–H groups in total. The van der Waals surface area contributed by atoms with Crippen LogP contribution in [0.25, 0.3) is 0 Å². The first kappa shape index (κ1) is 18.1. The third kappa shape index (κ3) is 4.28. The van der Waals surface area contributed by atoms with Gasteiger partial charge in [0, 0.05) is 42.4 Å². The van der Waals surface area contributed by atoms with E-state index in [1.54, 1.807) is 0 Å². The van der Waals surface area contributed by atoms with E-state index in [2.05, 4.69) is 61.4 Å². The number of rotatable bonds is 6. The monoisotopic (exact) mass is 342 g/mol. The lowest BCUT2D eigenvalue weighted by Gasteiger charge is -2.40. The molecule has 2 aromatic heterocycles. The third-order valence-electron chi connectivity index (χ3n) is 5.17. The van der Waals surface area contributed by atoms with E-state index in [-0.39, 0.29) is 5.41 Å². The van der Waals surface area contributed by atoms with Crippen molar-refractivity contribution < 1.29 is 4.52 Å². The molecule has 1 saturated heterocycles. The maximum absolute atomic E-state index is 5.44. The van der Waals surface area contributed by atoms with Crippen LogP contribution in [-0.2, 0) is 12.0 Å². The van der Waals surface area contributed by atoms with E-state index in [0.717, 1.165) is 50.5 Å². The summed E-state index contributed by atoms with van der Waals surface area (Å²) in [5, 5.41) is 7.72. The molecule has 0 bridgehead atoms. The van der Waals surface area contributed by atoms with Gasteiger partial charge >= 0.3 is 0 Å². The Kier molecular flexibility index (Phi) is 5.54. The number of aromatic nitrogens is 2. The molecule has 0 radical (unpaired) electrons. The molecular formula is C20H30N4O. The minimum Gasteiger partial charge on any atom is -0.361 e. The Labute approximate surface area is 150 Å². The van der Waals surface area contributed by atoms with E-state index in [4.69, 9.17) is 9.51 Å². The average molecular weight is 342 g/mol. The summed E-state index contributed by atoms with van der Waals surface area (Å²) in [4.78, 5) is 7.13. The van der Waals surface area contributed by atoms with Crippen molar-refractivity contribution in [3.8, 4) is 0 Å². The second-order valence-corrected chi connectivity index (χ2v) is 7.80. The van der Waals surface area contributed by atoms with Gasteiger partial charge in [-0.3, -0.25) is 9.88 Å². The molecule has 1 fully saturated rings. The summed E-state index contributed by atoms with van der Waals surface area (Å²) in [6.45, 7) is 10.2. The largest absolute Gasteiger partial charge is 0.361 e. The van der Waals surface area contributed by atoms with Crippen LogP contribution in [0.1, 0.15) is 55.3 Å². The molecule has 0 saturated carbocycles. The van der Waals surface area contributed by atoms with Crippen molar-refractivity contribution in [2.45, 2.75) is 51.5 Å². The average Bonchev–Trinajstić information content (AvgIpc) is 3.05. The number of hydrogen-bond donors (Lipinski definition) is 1. The molecule has 0 aliphatic carbocycles. The van der Waals surface area contributed by atoms with Crippen LogP contribution in [0.3, 0.4) is 0 Å². The number of pyridine rings is 1. The molecule has 0 spiro atoms. The Bertz CT molecular complexity index is 671. The van der Waals surface area contributed by atoms with Crippen molar-refractivity contribution in [1.82, 2.24) is 20.4 Å². The standard InChI is InChI=1S/C20H30N4O/c1-15(2)18-11-17(23-25-18)13-24(4)14-20(7-9-21-10-8-20)19-6-5-16(3)12-22-19/h5-6,11-12,15,21H,7-10,13-14H2,1-4H3. The fourth-order valence-corrected chi connectivity index (χ4v) is 3.71. The van der Waals surface area contributed by atoms with Gasteiger partial charge in [-0.1, -0.05) is 25.1 Å². The zero-order chi connectivity index (χ0) is 17.9. The van der Waals surface area contributed by atoms with E-state index in [1.807, 2.05) is 6.20 Å². The normalized spacial score (nSPS) is 17.4. The van der Waals surface area contributed by atoms with Crippen molar-refractivity contribution in [2.75, 3.05) is 26.7 Å². The summed E-state index contributed by atoms with van der Waals surface area (Å²) >= 11 is 0. The Balaban J connectivity index is 1.74. The molecule has 3 heterocycles. The molecule has 0 unspecified atom stereocenters. The fourth-order valence-electron chi connectivity index (χ4n) is 3.71. The predicted octanol–water partition coefficient (Wildman–Crippen LogP) is 3.25. The quantitative estimate of drug-likeness (QED) is 0.873. The summed E-state index contributed by atoms with van der Waals surface area (Å²) < 4.78 is 5.44. The first-order valence-electron chi connectivity index (χ1n) is 9.26. The molecule has 0 amide bonds. The minimum absolute atomic E-state index is 0.109. The summed E-state index contributed by atoms with van der Waals surface area (Å²) in [5.41, 5.74) is 3.55. The van der Waals surface area contributed by atoms with Crippen LogP contribution in [-0.4, -0.2) is 41.7 Å². The van der Waals surface area contributed by atoms with Crippen LogP contribution >= 0.6 is 0 Å². The van der Waals surface area contributed by atoms with Crippen LogP contribution < -0.4 is 5.32 Å². The fraction of sp³-hybridized carbons (Fsp3) is 0.600. The molecule has 136 valence electrons. The summed E-state index contributed by atoms with van der Waals surface area (Å²) in [6, 6.07) is 6.47. The second-order valence-electron chi connectivity index (χ2n) is 7.80. The molecular weight excluding hydrogens is 312 g/mol. The highest BCUT2D eigenvalue weighted by molar-refractivity contribution is 5.22. The molecule has 5 nitrogen and oxygen atoms in total. The van der Waals surface area contributed by atoms with Crippen molar-refractivity contribution in [1.29, 1.82) is 0 Å². The number of nitrogens with one attached hydrogen (secondary N) is 1. The Morgan fingerprint density at radius 2 is 2.04 bits per heavy atom. The molecule has 5 heteroatoms. The van der Waals surface area contributed by atoms with Gasteiger partial charge in [0.2, 0.25) is 0 Å². The molecule has 0 aromatic carbocycles. The molecule has 1 aliphatic heterocycles. The van der Waals surface area contributed by atoms with Gasteiger partial charge in [0.25, 0.3) is 0 Å². The number of nitrogens with zero attached hydrogens (tertiary/aromatic N) is 3. The topological polar surface area (TPSA) is 54.2 Å². The number of aryl methyl sites for hydroxylation is 1. The maximum atomic E-state index is 5.44.